The van der Waals surface area contributed by atoms with E-state index in [1.165, 1.54) is 6.20 Å². The van der Waals surface area contributed by atoms with Gasteiger partial charge in [-0.1, -0.05) is 41.9 Å². The van der Waals surface area contributed by atoms with E-state index in [0.29, 0.717) is 10.7 Å². The maximum Gasteiger partial charge on any atom is 0.226 e. The molecule has 0 fully saturated rings. The molecule has 2 rings (SSSR count). The van der Waals surface area contributed by atoms with Gasteiger partial charge in [-0.25, -0.2) is 0 Å². The van der Waals surface area contributed by atoms with Crippen LogP contribution in [-0.2, 0) is 4.79 Å². The van der Waals surface area contributed by atoms with Gasteiger partial charge in [0.15, 0.2) is 0 Å². The van der Waals surface area contributed by atoms with Gasteiger partial charge >= 0.3 is 0 Å². The molecule has 0 saturated heterocycles. The zero-order chi connectivity index (χ0) is 13.7. The van der Waals surface area contributed by atoms with E-state index in [0.717, 1.165) is 5.56 Å². The first-order valence-electron chi connectivity index (χ1n) is 5.86. The summed E-state index contributed by atoms with van der Waals surface area (Å²) in [5.74, 6) is -0.189. The van der Waals surface area contributed by atoms with Crippen LogP contribution in [0.15, 0.2) is 48.8 Å². The Balaban J connectivity index is 1.97. The van der Waals surface area contributed by atoms with Gasteiger partial charge in [-0.3, -0.25) is 9.78 Å². The van der Waals surface area contributed by atoms with Crippen molar-refractivity contribution in [3.05, 3.63) is 59.4 Å². The van der Waals surface area contributed by atoms with Crippen LogP contribution in [0.3, 0.4) is 0 Å². The number of rotatable bonds is 4. The third-order valence-corrected chi connectivity index (χ3v) is 3.00. The van der Waals surface area contributed by atoms with Crippen molar-refractivity contribution in [2.45, 2.75) is 12.5 Å². The molecule has 0 aliphatic heterocycles. The standard InChI is InChI=1S/C14H14ClN3O/c15-11-6-7-17-9-13(11)18-14(19)8-12(16)10-4-2-1-3-5-10/h1-7,9,12H,8,16H2,(H,18,19). The van der Waals surface area contributed by atoms with E-state index < -0.39 is 0 Å². The van der Waals surface area contributed by atoms with Crippen LogP contribution in [0.2, 0.25) is 5.02 Å². The first-order chi connectivity index (χ1) is 9.16. The summed E-state index contributed by atoms with van der Waals surface area (Å²) in [5, 5.41) is 3.15. The summed E-state index contributed by atoms with van der Waals surface area (Å²) in [4.78, 5) is 15.8. The topological polar surface area (TPSA) is 68.0 Å². The number of carbonyl (C=O) groups is 1. The summed E-state index contributed by atoms with van der Waals surface area (Å²) in [7, 11) is 0. The predicted molar refractivity (Wildman–Crippen MR) is 75.9 cm³/mol. The highest BCUT2D eigenvalue weighted by Gasteiger charge is 2.12. The number of hydrogen-bond donors (Lipinski definition) is 2. The summed E-state index contributed by atoms with van der Waals surface area (Å²) in [6.45, 7) is 0. The first-order valence-corrected chi connectivity index (χ1v) is 6.24. The molecule has 3 N–H and O–H groups in total. The molecule has 0 bridgehead atoms. The SMILES string of the molecule is NC(CC(=O)Nc1cnccc1Cl)c1ccccc1. The highest BCUT2D eigenvalue weighted by molar-refractivity contribution is 6.33. The molecule has 0 spiro atoms. The fourth-order valence-electron chi connectivity index (χ4n) is 1.69. The summed E-state index contributed by atoms with van der Waals surface area (Å²) in [6, 6.07) is 10.8. The first kappa shape index (κ1) is 13.5. The number of amides is 1. The molecule has 0 aliphatic rings. The van der Waals surface area contributed by atoms with E-state index in [4.69, 9.17) is 17.3 Å². The van der Waals surface area contributed by atoms with Gasteiger partial charge < -0.3 is 11.1 Å². The fourth-order valence-corrected chi connectivity index (χ4v) is 1.84. The molecule has 4 nitrogen and oxygen atoms in total. The second-order valence-electron chi connectivity index (χ2n) is 4.12. The van der Waals surface area contributed by atoms with Crippen molar-refractivity contribution >= 4 is 23.2 Å². The zero-order valence-corrected chi connectivity index (χ0v) is 11.0. The van der Waals surface area contributed by atoms with Crippen LogP contribution in [0.4, 0.5) is 5.69 Å². The number of aromatic nitrogens is 1. The molecule has 0 saturated carbocycles. The van der Waals surface area contributed by atoms with E-state index in [-0.39, 0.29) is 18.4 Å². The molecule has 98 valence electrons. The van der Waals surface area contributed by atoms with Crippen molar-refractivity contribution in [2.24, 2.45) is 5.73 Å². The van der Waals surface area contributed by atoms with Crippen LogP contribution in [0.1, 0.15) is 18.0 Å². The lowest BCUT2D eigenvalue weighted by Crippen LogP contribution is -2.20. The largest absolute Gasteiger partial charge is 0.324 e. The Labute approximate surface area is 116 Å². The molecule has 0 radical (unpaired) electrons. The van der Waals surface area contributed by atoms with Gasteiger partial charge in [0.1, 0.15) is 0 Å². The Morgan fingerprint density at radius 1 is 1.32 bits per heavy atom. The Kier molecular flexibility index (Phi) is 4.49. The van der Waals surface area contributed by atoms with E-state index in [1.807, 2.05) is 30.3 Å². The number of anilines is 1. The number of carbonyl (C=O) groups excluding carboxylic acids is 1. The average molecular weight is 276 g/mol. The number of nitrogens with one attached hydrogen (secondary N) is 1. The molecule has 2 aromatic rings. The van der Waals surface area contributed by atoms with Crippen molar-refractivity contribution in [3.8, 4) is 0 Å². The highest BCUT2D eigenvalue weighted by Crippen LogP contribution is 2.20. The van der Waals surface area contributed by atoms with E-state index in [9.17, 15) is 4.79 Å². The molecule has 1 unspecified atom stereocenters. The summed E-state index contributed by atoms with van der Waals surface area (Å²) in [5.41, 5.74) is 7.40. The summed E-state index contributed by atoms with van der Waals surface area (Å²) < 4.78 is 0. The smallest absolute Gasteiger partial charge is 0.226 e. The Morgan fingerprint density at radius 2 is 2.05 bits per heavy atom. The molecule has 19 heavy (non-hydrogen) atoms. The van der Waals surface area contributed by atoms with Crippen molar-refractivity contribution in [3.63, 3.8) is 0 Å². The minimum Gasteiger partial charge on any atom is -0.324 e. The van der Waals surface area contributed by atoms with Crippen LogP contribution in [0.25, 0.3) is 0 Å². The Bertz CT molecular complexity index is 560. The Morgan fingerprint density at radius 3 is 2.74 bits per heavy atom. The van der Waals surface area contributed by atoms with Crippen molar-refractivity contribution in [1.29, 1.82) is 0 Å². The molecule has 1 atom stereocenters. The number of benzene rings is 1. The molecule has 5 heteroatoms. The lowest BCUT2D eigenvalue weighted by molar-refractivity contribution is -0.116. The van der Waals surface area contributed by atoms with Gasteiger partial charge in [-0.2, -0.15) is 0 Å². The van der Waals surface area contributed by atoms with Crippen LogP contribution in [-0.4, -0.2) is 10.9 Å². The third-order valence-electron chi connectivity index (χ3n) is 2.67. The normalized spacial score (nSPS) is 11.9. The van der Waals surface area contributed by atoms with Gasteiger partial charge in [0.2, 0.25) is 5.91 Å². The molecule has 0 aliphatic carbocycles. The molecule has 1 aromatic heterocycles. The third kappa shape index (κ3) is 3.77. The summed E-state index contributed by atoms with van der Waals surface area (Å²) >= 11 is 5.94. The van der Waals surface area contributed by atoms with Crippen molar-refractivity contribution in [2.75, 3.05) is 5.32 Å². The second kappa shape index (κ2) is 6.31. The van der Waals surface area contributed by atoms with Gasteiger partial charge in [0.05, 0.1) is 16.9 Å². The second-order valence-corrected chi connectivity index (χ2v) is 4.53. The van der Waals surface area contributed by atoms with Gasteiger partial charge in [-0.05, 0) is 11.6 Å². The minimum absolute atomic E-state index is 0.189. The minimum atomic E-state index is -0.336. The molecule has 1 heterocycles. The maximum atomic E-state index is 11.9. The monoisotopic (exact) mass is 275 g/mol. The number of pyridine rings is 1. The Hall–Kier alpha value is -1.91. The van der Waals surface area contributed by atoms with E-state index >= 15 is 0 Å². The van der Waals surface area contributed by atoms with E-state index in [1.54, 1.807) is 12.3 Å². The predicted octanol–water partition coefficient (Wildman–Crippen LogP) is 2.76. The van der Waals surface area contributed by atoms with Gasteiger partial charge in [0, 0.05) is 18.7 Å². The van der Waals surface area contributed by atoms with Crippen LogP contribution < -0.4 is 11.1 Å². The lowest BCUT2D eigenvalue weighted by Gasteiger charge is -2.12. The number of nitrogens with two attached hydrogens (primary N) is 1. The van der Waals surface area contributed by atoms with Crippen LogP contribution >= 0.6 is 11.6 Å². The number of nitrogens with zero attached hydrogens (tertiary/aromatic N) is 1. The molecule has 1 amide bonds. The van der Waals surface area contributed by atoms with Crippen molar-refractivity contribution in [1.82, 2.24) is 4.98 Å². The number of halogens is 1. The van der Waals surface area contributed by atoms with Crippen molar-refractivity contribution < 1.29 is 4.79 Å². The molecular weight excluding hydrogens is 262 g/mol. The highest BCUT2D eigenvalue weighted by atomic mass is 35.5. The quantitative estimate of drug-likeness (QED) is 0.901. The lowest BCUT2D eigenvalue weighted by atomic mass is 10.0. The van der Waals surface area contributed by atoms with E-state index in [2.05, 4.69) is 10.3 Å². The van der Waals surface area contributed by atoms with Gasteiger partial charge in [-0.15, -0.1) is 0 Å². The van der Waals surface area contributed by atoms with Gasteiger partial charge in [0.25, 0.3) is 0 Å². The van der Waals surface area contributed by atoms with Crippen LogP contribution in [0, 0.1) is 0 Å². The average Bonchev–Trinajstić information content (AvgIpc) is 2.42. The fraction of sp³-hybridized carbons (Fsp3) is 0.143. The molecule has 1 aromatic carbocycles. The molecular formula is C14H14ClN3O. The number of hydrogen-bond acceptors (Lipinski definition) is 3. The summed E-state index contributed by atoms with van der Waals surface area (Å²) in [6.07, 6.45) is 3.26. The maximum absolute atomic E-state index is 11.9. The zero-order valence-electron chi connectivity index (χ0n) is 10.2. The van der Waals surface area contributed by atoms with Crippen LogP contribution in [0.5, 0.6) is 0 Å².